The first kappa shape index (κ1) is 15.4. The molecule has 0 amide bonds. The predicted molar refractivity (Wildman–Crippen MR) is 69.5 cm³/mol. The van der Waals surface area contributed by atoms with Crippen LogP contribution in [-0.2, 0) is 19.0 Å². The number of hydrogen-bond acceptors (Lipinski definition) is 4. The average molecular weight is 258 g/mol. The molecule has 1 rings (SSSR count). The van der Waals surface area contributed by atoms with Gasteiger partial charge in [-0.1, -0.05) is 26.7 Å². The lowest BCUT2D eigenvalue weighted by Crippen LogP contribution is -2.37. The van der Waals surface area contributed by atoms with Gasteiger partial charge in [-0.15, -0.1) is 0 Å². The highest BCUT2D eigenvalue weighted by Crippen LogP contribution is 2.18. The first-order valence-electron chi connectivity index (χ1n) is 7.15. The van der Waals surface area contributed by atoms with Crippen LogP contribution in [0.2, 0.25) is 0 Å². The number of hydrogen-bond donors (Lipinski definition) is 0. The van der Waals surface area contributed by atoms with Crippen LogP contribution in [0.5, 0.6) is 0 Å². The fraction of sp³-hybridized carbons (Fsp3) is 0.929. The molecule has 1 unspecified atom stereocenters. The Hall–Kier alpha value is -0.610. The SMILES string of the molecule is CCCCOC[C@@H]1CC(OCCCC)CC(=O)O1. The summed E-state index contributed by atoms with van der Waals surface area (Å²) in [6.07, 6.45) is 5.36. The zero-order valence-electron chi connectivity index (χ0n) is 11.7. The Kier molecular flexibility index (Phi) is 8.01. The summed E-state index contributed by atoms with van der Waals surface area (Å²) in [6, 6.07) is 0. The second-order valence-electron chi connectivity index (χ2n) is 4.83. The first-order valence-corrected chi connectivity index (χ1v) is 7.15. The van der Waals surface area contributed by atoms with Crippen molar-refractivity contribution in [3.05, 3.63) is 0 Å². The summed E-state index contributed by atoms with van der Waals surface area (Å²) >= 11 is 0. The molecular formula is C14H26O4. The summed E-state index contributed by atoms with van der Waals surface area (Å²) in [7, 11) is 0. The molecule has 1 aliphatic heterocycles. The topological polar surface area (TPSA) is 44.8 Å². The molecule has 0 bridgehead atoms. The Morgan fingerprint density at radius 1 is 1.22 bits per heavy atom. The zero-order valence-corrected chi connectivity index (χ0v) is 11.7. The van der Waals surface area contributed by atoms with Crippen LogP contribution in [0, 0.1) is 0 Å². The molecule has 18 heavy (non-hydrogen) atoms. The van der Waals surface area contributed by atoms with Crippen LogP contribution in [0.4, 0.5) is 0 Å². The summed E-state index contributed by atoms with van der Waals surface area (Å²) < 4.78 is 16.5. The number of cyclic esters (lactones) is 1. The van der Waals surface area contributed by atoms with Gasteiger partial charge in [0.25, 0.3) is 0 Å². The van der Waals surface area contributed by atoms with Gasteiger partial charge in [-0.2, -0.15) is 0 Å². The van der Waals surface area contributed by atoms with E-state index in [2.05, 4.69) is 13.8 Å². The molecule has 1 saturated heterocycles. The fourth-order valence-corrected chi connectivity index (χ4v) is 1.93. The van der Waals surface area contributed by atoms with Crippen LogP contribution in [0.3, 0.4) is 0 Å². The minimum absolute atomic E-state index is 0.0116. The van der Waals surface area contributed by atoms with Gasteiger partial charge in [-0.25, -0.2) is 0 Å². The third-order valence-corrected chi connectivity index (χ3v) is 3.02. The number of carbonyl (C=O) groups is 1. The van der Waals surface area contributed by atoms with Gasteiger partial charge in [0.2, 0.25) is 0 Å². The molecule has 1 aliphatic rings. The normalized spacial score (nSPS) is 24.0. The van der Waals surface area contributed by atoms with Gasteiger partial charge in [0.05, 0.1) is 19.1 Å². The van der Waals surface area contributed by atoms with Crippen molar-refractivity contribution in [2.75, 3.05) is 19.8 Å². The second-order valence-corrected chi connectivity index (χ2v) is 4.83. The smallest absolute Gasteiger partial charge is 0.308 e. The van der Waals surface area contributed by atoms with Gasteiger partial charge < -0.3 is 14.2 Å². The molecule has 1 heterocycles. The number of rotatable bonds is 9. The van der Waals surface area contributed by atoms with Gasteiger partial charge in [0.15, 0.2) is 0 Å². The van der Waals surface area contributed by atoms with Crippen molar-refractivity contribution in [1.82, 2.24) is 0 Å². The first-order chi connectivity index (χ1) is 8.76. The summed E-state index contributed by atoms with van der Waals surface area (Å²) in [4.78, 5) is 11.4. The van der Waals surface area contributed by atoms with Gasteiger partial charge >= 0.3 is 5.97 Å². The van der Waals surface area contributed by atoms with E-state index in [1.165, 1.54) is 0 Å². The van der Waals surface area contributed by atoms with Crippen molar-refractivity contribution < 1.29 is 19.0 Å². The average Bonchev–Trinajstić information content (AvgIpc) is 2.34. The molecule has 0 radical (unpaired) electrons. The van der Waals surface area contributed by atoms with Crippen molar-refractivity contribution in [1.29, 1.82) is 0 Å². The van der Waals surface area contributed by atoms with E-state index in [1.54, 1.807) is 0 Å². The highest BCUT2D eigenvalue weighted by molar-refractivity contribution is 5.71. The van der Waals surface area contributed by atoms with Crippen LogP contribution in [0.1, 0.15) is 52.4 Å². The number of esters is 1. The van der Waals surface area contributed by atoms with Crippen molar-refractivity contribution in [2.45, 2.75) is 64.6 Å². The third kappa shape index (κ3) is 6.36. The Morgan fingerprint density at radius 3 is 2.67 bits per heavy atom. The number of carbonyl (C=O) groups excluding carboxylic acids is 1. The van der Waals surface area contributed by atoms with Crippen LogP contribution in [-0.4, -0.2) is 38.0 Å². The van der Waals surface area contributed by atoms with E-state index < -0.39 is 0 Å². The molecule has 106 valence electrons. The Labute approximate surface area is 110 Å². The minimum atomic E-state index is -0.160. The van der Waals surface area contributed by atoms with E-state index in [0.717, 1.165) is 45.3 Å². The Bertz CT molecular complexity index is 230. The van der Waals surface area contributed by atoms with Crippen molar-refractivity contribution in [3.8, 4) is 0 Å². The number of unbranched alkanes of at least 4 members (excludes halogenated alkanes) is 2. The minimum Gasteiger partial charge on any atom is -0.460 e. The van der Waals surface area contributed by atoms with Crippen molar-refractivity contribution in [2.24, 2.45) is 0 Å². The third-order valence-electron chi connectivity index (χ3n) is 3.02. The van der Waals surface area contributed by atoms with Crippen LogP contribution < -0.4 is 0 Å². The maximum absolute atomic E-state index is 11.4. The maximum Gasteiger partial charge on any atom is 0.308 e. The summed E-state index contributed by atoms with van der Waals surface area (Å²) in [5.74, 6) is -0.160. The van der Waals surface area contributed by atoms with Gasteiger partial charge in [0, 0.05) is 19.6 Å². The highest BCUT2D eigenvalue weighted by Gasteiger charge is 2.29. The lowest BCUT2D eigenvalue weighted by molar-refractivity contribution is -0.167. The summed E-state index contributed by atoms with van der Waals surface area (Å²) in [5, 5.41) is 0. The van der Waals surface area contributed by atoms with Gasteiger partial charge in [-0.05, 0) is 12.8 Å². The Morgan fingerprint density at radius 2 is 1.94 bits per heavy atom. The molecule has 0 aromatic carbocycles. The zero-order chi connectivity index (χ0) is 13.2. The molecule has 0 aromatic rings. The number of ether oxygens (including phenoxy) is 3. The summed E-state index contributed by atoms with van der Waals surface area (Å²) in [5.41, 5.74) is 0. The largest absolute Gasteiger partial charge is 0.460 e. The molecule has 0 saturated carbocycles. The lowest BCUT2D eigenvalue weighted by Gasteiger charge is -2.28. The molecule has 0 aliphatic carbocycles. The van der Waals surface area contributed by atoms with E-state index in [0.29, 0.717) is 13.0 Å². The molecule has 1 fully saturated rings. The van der Waals surface area contributed by atoms with Crippen LogP contribution in [0.15, 0.2) is 0 Å². The molecule has 4 heteroatoms. The monoisotopic (exact) mass is 258 g/mol. The van der Waals surface area contributed by atoms with E-state index >= 15 is 0 Å². The van der Waals surface area contributed by atoms with Gasteiger partial charge in [0.1, 0.15) is 6.10 Å². The molecular weight excluding hydrogens is 232 g/mol. The fourth-order valence-electron chi connectivity index (χ4n) is 1.93. The molecule has 0 spiro atoms. The van der Waals surface area contributed by atoms with Crippen LogP contribution in [0.25, 0.3) is 0 Å². The quantitative estimate of drug-likeness (QED) is 0.471. The van der Waals surface area contributed by atoms with E-state index in [9.17, 15) is 4.79 Å². The van der Waals surface area contributed by atoms with E-state index in [1.807, 2.05) is 0 Å². The lowest BCUT2D eigenvalue weighted by atomic mass is 10.1. The second kappa shape index (κ2) is 9.34. The molecule has 0 aromatic heterocycles. The molecule has 2 atom stereocenters. The van der Waals surface area contributed by atoms with E-state index in [-0.39, 0.29) is 18.2 Å². The van der Waals surface area contributed by atoms with Gasteiger partial charge in [-0.3, -0.25) is 4.79 Å². The predicted octanol–water partition coefficient (Wildman–Crippen LogP) is 2.69. The highest BCUT2D eigenvalue weighted by atomic mass is 16.6. The summed E-state index contributed by atoms with van der Waals surface area (Å²) in [6.45, 7) is 6.23. The molecule has 0 N–H and O–H groups in total. The van der Waals surface area contributed by atoms with E-state index in [4.69, 9.17) is 14.2 Å². The van der Waals surface area contributed by atoms with Crippen molar-refractivity contribution in [3.63, 3.8) is 0 Å². The standard InChI is InChI=1S/C14H26O4/c1-3-5-7-16-11-13-9-12(10-14(15)18-13)17-8-6-4-2/h12-13H,3-11H2,1-2H3/t12?,13-/m0/s1. The molecule has 4 nitrogen and oxygen atoms in total. The maximum atomic E-state index is 11.4. The van der Waals surface area contributed by atoms with Crippen molar-refractivity contribution >= 4 is 5.97 Å². The van der Waals surface area contributed by atoms with Crippen LogP contribution >= 0.6 is 0 Å². The Balaban J connectivity index is 2.20.